The van der Waals surface area contributed by atoms with Gasteiger partial charge in [0.2, 0.25) is 0 Å². The molecule has 0 spiro atoms. The second-order valence-electron chi connectivity index (χ2n) is 15.3. The average molecular weight is 683 g/mol. The van der Waals surface area contributed by atoms with Crippen LogP contribution in [-0.2, 0) is 9.47 Å². The van der Waals surface area contributed by atoms with Crippen molar-refractivity contribution in [2.75, 3.05) is 13.1 Å². The number of fused-ring (bicyclic) bond motifs is 2. The maximum atomic E-state index is 13.0. The van der Waals surface area contributed by atoms with Gasteiger partial charge in [0.05, 0.1) is 35.9 Å². The standard InChI is InChI=1S/C38H46N6O6/c1-37(2,3)49-35(45)43-17-9-7-11-27(43)33-39-21-25(41-33)23-13-15-29-31(19-23)47-30-16-14-24(20-32(30)48-29)26-22-40-34(42-26)28-12-8-10-18-44(28)36(46)50-38(4,5)6/h13-16,19-22,27-28H,7-12,17-18H2,1-6H3,(H,39,41)(H,40,42)/t27-,28-/m0/s1. The van der Waals surface area contributed by atoms with Gasteiger partial charge in [0.15, 0.2) is 23.0 Å². The fraction of sp³-hybridized carbons (Fsp3) is 0.474. The van der Waals surface area contributed by atoms with E-state index in [0.717, 1.165) is 72.7 Å². The molecule has 50 heavy (non-hydrogen) atoms. The lowest BCUT2D eigenvalue weighted by molar-refractivity contribution is 0.00759. The lowest BCUT2D eigenvalue weighted by atomic mass is 10.0. The number of carbonyl (C=O) groups is 2. The molecule has 12 nitrogen and oxygen atoms in total. The van der Waals surface area contributed by atoms with Crippen LogP contribution in [0.3, 0.4) is 0 Å². The molecule has 2 aromatic heterocycles. The average Bonchev–Trinajstić information content (AvgIpc) is 3.77. The van der Waals surface area contributed by atoms with Crippen molar-refractivity contribution in [2.45, 2.75) is 103 Å². The van der Waals surface area contributed by atoms with Crippen molar-refractivity contribution >= 4 is 12.2 Å². The summed E-state index contributed by atoms with van der Waals surface area (Å²) in [4.78, 5) is 45.8. The summed E-state index contributed by atoms with van der Waals surface area (Å²) in [6.07, 6.45) is 8.49. The van der Waals surface area contributed by atoms with Crippen LogP contribution in [0.4, 0.5) is 9.59 Å². The van der Waals surface area contributed by atoms with Crippen LogP contribution in [0.25, 0.3) is 22.5 Å². The molecule has 0 bridgehead atoms. The van der Waals surface area contributed by atoms with Gasteiger partial charge < -0.3 is 28.9 Å². The number of nitrogens with one attached hydrogen (secondary N) is 2. The first kappa shape index (κ1) is 33.5. The summed E-state index contributed by atoms with van der Waals surface area (Å²) in [5.74, 6) is 3.86. The highest BCUT2D eigenvalue weighted by atomic mass is 16.6. The third-order valence-electron chi connectivity index (χ3n) is 9.03. The Morgan fingerprint density at radius 1 is 0.660 bits per heavy atom. The molecule has 0 unspecified atom stereocenters. The molecule has 7 rings (SSSR count). The van der Waals surface area contributed by atoms with E-state index in [0.29, 0.717) is 36.1 Å². The van der Waals surface area contributed by atoms with E-state index in [2.05, 4.69) is 19.9 Å². The van der Waals surface area contributed by atoms with Crippen molar-refractivity contribution in [2.24, 2.45) is 0 Å². The van der Waals surface area contributed by atoms with Crippen LogP contribution < -0.4 is 9.47 Å². The number of aromatic nitrogens is 4. The van der Waals surface area contributed by atoms with Gasteiger partial charge in [0.1, 0.15) is 22.9 Å². The fourth-order valence-electron chi connectivity index (χ4n) is 6.73. The van der Waals surface area contributed by atoms with Crippen molar-refractivity contribution in [3.63, 3.8) is 0 Å². The van der Waals surface area contributed by atoms with Crippen LogP contribution in [-0.4, -0.2) is 66.2 Å². The molecule has 0 radical (unpaired) electrons. The molecule has 2 saturated heterocycles. The number of hydrogen-bond acceptors (Lipinski definition) is 8. The number of likely N-dealkylation sites (tertiary alicyclic amines) is 2. The van der Waals surface area contributed by atoms with Gasteiger partial charge in [-0.2, -0.15) is 0 Å². The predicted molar refractivity (Wildman–Crippen MR) is 187 cm³/mol. The minimum absolute atomic E-state index is 0.178. The third kappa shape index (κ3) is 7.15. The van der Waals surface area contributed by atoms with Crippen LogP contribution in [0.1, 0.15) is 104 Å². The van der Waals surface area contributed by atoms with Gasteiger partial charge in [-0.25, -0.2) is 19.6 Å². The zero-order valence-electron chi connectivity index (χ0n) is 29.7. The minimum Gasteiger partial charge on any atom is -0.449 e. The number of carbonyl (C=O) groups excluding carboxylic acids is 2. The molecule has 4 aromatic rings. The molecule has 2 fully saturated rings. The summed E-state index contributed by atoms with van der Waals surface area (Å²) in [5.41, 5.74) is 2.28. The quantitative estimate of drug-likeness (QED) is 0.192. The Kier molecular flexibility index (Phi) is 8.73. The summed E-state index contributed by atoms with van der Waals surface area (Å²) < 4.78 is 24.0. The van der Waals surface area contributed by atoms with Crippen LogP contribution in [0.15, 0.2) is 48.8 Å². The van der Waals surface area contributed by atoms with Crippen LogP contribution in [0.5, 0.6) is 23.0 Å². The van der Waals surface area contributed by atoms with E-state index in [4.69, 9.17) is 18.9 Å². The van der Waals surface area contributed by atoms with Crippen LogP contribution >= 0.6 is 0 Å². The number of ether oxygens (including phenoxy) is 4. The number of rotatable bonds is 4. The molecular formula is C38H46N6O6. The number of piperidine rings is 2. The highest BCUT2D eigenvalue weighted by molar-refractivity contribution is 5.71. The number of H-pyrrole nitrogens is 2. The Hall–Kier alpha value is -5.00. The van der Waals surface area contributed by atoms with Gasteiger partial charge in [0.25, 0.3) is 0 Å². The second kappa shape index (κ2) is 13.0. The lowest BCUT2D eigenvalue weighted by Gasteiger charge is -2.35. The third-order valence-corrected chi connectivity index (χ3v) is 9.03. The Morgan fingerprint density at radius 2 is 1.08 bits per heavy atom. The van der Waals surface area contributed by atoms with Crippen molar-refractivity contribution in [3.8, 4) is 45.5 Å². The van der Waals surface area contributed by atoms with E-state index < -0.39 is 11.2 Å². The zero-order chi connectivity index (χ0) is 35.2. The smallest absolute Gasteiger partial charge is 0.410 e. The van der Waals surface area contributed by atoms with Crippen molar-refractivity contribution in [1.82, 2.24) is 29.7 Å². The first-order valence-electron chi connectivity index (χ1n) is 17.5. The summed E-state index contributed by atoms with van der Waals surface area (Å²) in [6.45, 7) is 12.5. The molecule has 3 aliphatic heterocycles. The normalized spacial score (nSPS) is 19.2. The molecule has 2 aromatic carbocycles. The molecular weight excluding hydrogens is 636 g/mol. The number of imidazole rings is 2. The van der Waals surface area contributed by atoms with Gasteiger partial charge in [0, 0.05) is 24.2 Å². The van der Waals surface area contributed by atoms with E-state index in [9.17, 15) is 9.59 Å². The SMILES string of the molecule is CC(C)(C)OC(=O)N1CCCC[C@H]1c1ncc(-c2ccc3c(c2)Oc2ccc(-c4cnc([C@@H]5CCCCN5C(=O)OC(C)(C)C)[nH]4)cc2O3)[nH]1. The highest BCUT2D eigenvalue weighted by Gasteiger charge is 2.35. The predicted octanol–water partition coefficient (Wildman–Crippen LogP) is 9.29. The van der Waals surface area contributed by atoms with E-state index in [1.807, 2.05) is 77.9 Å². The molecule has 12 heteroatoms. The first-order valence-corrected chi connectivity index (χ1v) is 17.5. The van der Waals surface area contributed by atoms with Gasteiger partial charge in [-0.05, 0) is 116 Å². The van der Waals surface area contributed by atoms with Gasteiger partial charge in [-0.15, -0.1) is 0 Å². The van der Waals surface area contributed by atoms with Crippen molar-refractivity contribution in [1.29, 1.82) is 0 Å². The molecule has 2 N–H and O–H groups in total. The largest absolute Gasteiger partial charge is 0.449 e. The van der Waals surface area contributed by atoms with Crippen LogP contribution in [0.2, 0.25) is 0 Å². The van der Waals surface area contributed by atoms with Crippen molar-refractivity contribution < 1.29 is 28.5 Å². The maximum Gasteiger partial charge on any atom is 0.410 e. The Balaban J connectivity index is 1.06. The van der Waals surface area contributed by atoms with E-state index in [-0.39, 0.29) is 24.3 Å². The topological polar surface area (TPSA) is 135 Å². The second-order valence-corrected chi connectivity index (χ2v) is 15.3. The fourth-order valence-corrected chi connectivity index (χ4v) is 6.73. The molecule has 2 amide bonds. The number of hydrogen-bond donors (Lipinski definition) is 2. The Bertz CT molecular complexity index is 1750. The number of aromatic amines is 2. The maximum absolute atomic E-state index is 13.0. The molecule has 3 aliphatic rings. The summed E-state index contributed by atoms with van der Waals surface area (Å²) in [6, 6.07) is 11.2. The number of nitrogens with zero attached hydrogens (tertiary/aromatic N) is 4. The van der Waals surface area contributed by atoms with E-state index in [1.54, 1.807) is 22.2 Å². The van der Waals surface area contributed by atoms with E-state index >= 15 is 0 Å². The molecule has 0 saturated carbocycles. The summed E-state index contributed by atoms with van der Waals surface area (Å²) >= 11 is 0. The first-order chi connectivity index (χ1) is 23.8. The van der Waals surface area contributed by atoms with Gasteiger partial charge in [-0.3, -0.25) is 9.80 Å². The Labute approximate surface area is 292 Å². The molecule has 264 valence electrons. The molecule has 2 atom stereocenters. The summed E-state index contributed by atoms with van der Waals surface area (Å²) in [5, 5.41) is 0. The zero-order valence-corrected chi connectivity index (χ0v) is 29.7. The molecule has 5 heterocycles. The Morgan fingerprint density at radius 3 is 1.48 bits per heavy atom. The monoisotopic (exact) mass is 682 g/mol. The van der Waals surface area contributed by atoms with Crippen LogP contribution in [0, 0.1) is 0 Å². The van der Waals surface area contributed by atoms with Gasteiger partial charge in [-0.1, -0.05) is 0 Å². The van der Waals surface area contributed by atoms with Crippen molar-refractivity contribution in [3.05, 3.63) is 60.4 Å². The number of amides is 2. The summed E-state index contributed by atoms with van der Waals surface area (Å²) in [7, 11) is 0. The van der Waals surface area contributed by atoms with Gasteiger partial charge >= 0.3 is 12.2 Å². The molecule has 0 aliphatic carbocycles. The highest BCUT2D eigenvalue weighted by Crippen LogP contribution is 2.48. The lowest BCUT2D eigenvalue weighted by Crippen LogP contribution is -2.42. The number of benzene rings is 2. The minimum atomic E-state index is -0.566. The van der Waals surface area contributed by atoms with E-state index in [1.165, 1.54) is 0 Å².